The highest BCUT2D eigenvalue weighted by Gasteiger charge is 2.24. The molecule has 0 radical (unpaired) electrons. The van der Waals surface area contributed by atoms with E-state index in [2.05, 4.69) is 27.1 Å². The van der Waals surface area contributed by atoms with E-state index in [-0.39, 0.29) is 11.8 Å². The van der Waals surface area contributed by atoms with Crippen molar-refractivity contribution >= 4 is 5.91 Å². The molecule has 1 aromatic heterocycles. The van der Waals surface area contributed by atoms with Gasteiger partial charge >= 0.3 is 0 Å². The molecule has 2 N–H and O–H groups in total. The zero-order chi connectivity index (χ0) is 12.8. The number of rotatable bonds is 5. The molecule has 1 aliphatic rings. The van der Waals surface area contributed by atoms with Crippen molar-refractivity contribution < 1.29 is 4.79 Å². The van der Waals surface area contributed by atoms with E-state index >= 15 is 0 Å². The standard InChI is InChI=1S/C13H22N4O/c1-2-17-9-3-4-11(10-17)13(18)16-6-5-12-14-7-8-15-12/h7-8,11H,2-6,9-10H2,1H3,(H,14,15)(H,16,18)/t11-/m1/s1. The minimum atomic E-state index is 0.162. The molecule has 0 aliphatic carbocycles. The summed E-state index contributed by atoms with van der Waals surface area (Å²) in [5.74, 6) is 1.28. The van der Waals surface area contributed by atoms with E-state index in [9.17, 15) is 4.79 Å². The maximum absolute atomic E-state index is 12.0. The Morgan fingerprint density at radius 1 is 1.67 bits per heavy atom. The third kappa shape index (κ3) is 3.57. The van der Waals surface area contributed by atoms with Gasteiger partial charge in [0, 0.05) is 31.9 Å². The first-order valence-electron chi connectivity index (χ1n) is 6.78. The number of hydrogen-bond acceptors (Lipinski definition) is 3. The maximum atomic E-state index is 12.0. The van der Waals surface area contributed by atoms with Gasteiger partial charge in [0.2, 0.25) is 5.91 Å². The number of imidazole rings is 1. The van der Waals surface area contributed by atoms with Crippen molar-refractivity contribution in [2.24, 2.45) is 5.92 Å². The fraction of sp³-hybridized carbons (Fsp3) is 0.692. The molecule has 1 atom stereocenters. The Morgan fingerprint density at radius 3 is 3.28 bits per heavy atom. The molecule has 1 amide bonds. The lowest BCUT2D eigenvalue weighted by atomic mass is 9.97. The normalized spacial score (nSPS) is 20.8. The van der Waals surface area contributed by atoms with Crippen molar-refractivity contribution in [3.63, 3.8) is 0 Å². The Kier molecular flexibility index (Phi) is 4.75. The molecule has 5 heteroatoms. The number of carbonyl (C=O) groups is 1. The van der Waals surface area contributed by atoms with Crippen molar-refractivity contribution in [1.29, 1.82) is 0 Å². The van der Waals surface area contributed by atoms with Gasteiger partial charge in [-0.2, -0.15) is 0 Å². The highest BCUT2D eigenvalue weighted by molar-refractivity contribution is 5.78. The number of H-pyrrole nitrogens is 1. The Bertz CT molecular complexity index is 363. The summed E-state index contributed by atoms with van der Waals surface area (Å²) < 4.78 is 0. The summed E-state index contributed by atoms with van der Waals surface area (Å²) in [6, 6.07) is 0. The van der Waals surface area contributed by atoms with Gasteiger partial charge in [0.15, 0.2) is 0 Å². The number of carbonyl (C=O) groups excluding carboxylic acids is 1. The van der Waals surface area contributed by atoms with E-state index in [0.29, 0.717) is 6.54 Å². The summed E-state index contributed by atoms with van der Waals surface area (Å²) in [7, 11) is 0. The van der Waals surface area contributed by atoms with E-state index < -0.39 is 0 Å². The van der Waals surface area contributed by atoms with Crippen LogP contribution in [0.15, 0.2) is 12.4 Å². The molecule has 100 valence electrons. The first-order chi connectivity index (χ1) is 8.79. The number of nitrogens with zero attached hydrogens (tertiary/aromatic N) is 2. The lowest BCUT2D eigenvalue weighted by Gasteiger charge is -2.30. The van der Waals surface area contributed by atoms with Gasteiger partial charge in [0.25, 0.3) is 0 Å². The zero-order valence-corrected chi connectivity index (χ0v) is 11.0. The van der Waals surface area contributed by atoms with Crippen molar-refractivity contribution in [1.82, 2.24) is 20.2 Å². The molecule has 2 rings (SSSR count). The van der Waals surface area contributed by atoms with Gasteiger partial charge in [-0.05, 0) is 25.9 Å². The second-order valence-corrected chi connectivity index (χ2v) is 4.81. The number of aromatic amines is 1. The fourth-order valence-electron chi connectivity index (χ4n) is 2.44. The maximum Gasteiger partial charge on any atom is 0.224 e. The van der Waals surface area contributed by atoms with Gasteiger partial charge in [0.05, 0.1) is 5.92 Å². The molecule has 1 aliphatic heterocycles. The van der Waals surface area contributed by atoms with Gasteiger partial charge in [-0.3, -0.25) is 4.79 Å². The highest BCUT2D eigenvalue weighted by atomic mass is 16.1. The van der Waals surface area contributed by atoms with Crippen molar-refractivity contribution in [3.8, 4) is 0 Å². The first kappa shape index (κ1) is 13.1. The van der Waals surface area contributed by atoms with Gasteiger partial charge in [-0.25, -0.2) is 4.98 Å². The van der Waals surface area contributed by atoms with Crippen molar-refractivity contribution in [2.45, 2.75) is 26.2 Å². The number of aromatic nitrogens is 2. The minimum Gasteiger partial charge on any atom is -0.355 e. The van der Waals surface area contributed by atoms with Crippen LogP contribution in [0.3, 0.4) is 0 Å². The van der Waals surface area contributed by atoms with E-state index in [0.717, 1.165) is 44.7 Å². The Hall–Kier alpha value is -1.36. The van der Waals surface area contributed by atoms with Crippen LogP contribution in [0.2, 0.25) is 0 Å². The number of hydrogen-bond donors (Lipinski definition) is 2. The predicted octanol–water partition coefficient (Wildman–Crippen LogP) is 0.800. The van der Waals surface area contributed by atoms with E-state index in [1.54, 1.807) is 12.4 Å². The summed E-state index contributed by atoms with van der Waals surface area (Å²) in [5.41, 5.74) is 0. The first-order valence-corrected chi connectivity index (χ1v) is 6.78. The largest absolute Gasteiger partial charge is 0.355 e. The monoisotopic (exact) mass is 250 g/mol. The van der Waals surface area contributed by atoms with E-state index in [4.69, 9.17) is 0 Å². The van der Waals surface area contributed by atoms with Gasteiger partial charge in [0.1, 0.15) is 5.82 Å². The van der Waals surface area contributed by atoms with Gasteiger partial charge in [-0.1, -0.05) is 6.92 Å². The average Bonchev–Trinajstić information content (AvgIpc) is 2.92. The van der Waals surface area contributed by atoms with Crippen LogP contribution < -0.4 is 5.32 Å². The summed E-state index contributed by atoms with van der Waals surface area (Å²) in [6.07, 6.45) is 6.45. The molecule has 0 aromatic carbocycles. The summed E-state index contributed by atoms with van der Waals surface area (Å²) in [5, 5.41) is 3.01. The third-order valence-corrected chi connectivity index (χ3v) is 3.54. The van der Waals surface area contributed by atoms with Gasteiger partial charge in [-0.15, -0.1) is 0 Å². The fourth-order valence-corrected chi connectivity index (χ4v) is 2.44. The lowest BCUT2D eigenvalue weighted by molar-refractivity contribution is -0.126. The number of amides is 1. The topological polar surface area (TPSA) is 61.0 Å². The molecule has 0 saturated carbocycles. The molecule has 1 aromatic rings. The zero-order valence-electron chi connectivity index (χ0n) is 11.0. The predicted molar refractivity (Wildman–Crippen MR) is 70.1 cm³/mol. The van der Waals surface area contributed by atoms with Crippen LogP contribution in [0.1, 0.15) is 25.6 Å². The minimum absolute atomic E-state index is 0.162. The SMILES string of the molecule is CCN1CCC[C@@H](C(=O)NCCc2ncc[nH]2)C1. The van der Waals surface area contributed by atoms with Crippen LogP contribution in [0, 0.1) is 5.92 Å². The van der Waals surface area contributed by atoms with Crippen LogP contribution in [-0.4, -0.2) is 47.0 Å². The molecular formula is C13H22N4O. The van der Waals surface area contributed by atoms with Crippen LogP contribution in [-0.2, 0) is 11.2 Å². The number of likely N-dealkylation sites (tertiary alicyclic amines) is 1. The highest BCUT2D eigenvalue weighted by Crippen LogP contribution is 2.15. The van der Waals surface area contributed by atoms with Crippen molar-refractivity contribution in [3.05, 3.63) is 18.2 Å². The number of piperidine rings is 1. The second kappa shape index (κ2) is 6.54. The molecule has 2 heterocycles. The molecule has 18 heavy (non-hydrogen) atoms. The van der Waals surface area contributed by atoms with Crippen molar-refractivity contribution in [2.75, 3.05) is 26.2 Å². The lowest BCUT2D eigenvalue weighted by Crippen LogP contribution is -2.43. The summed E-state index contributed by atoms with van der Waals surface area (Å²) >= 11 is 0. The Balaban J connectivity index is 1.70. The summed E-state index contributed by atoms with van der Waals surface area (Å²) in [6.45, 7) is 5.89. The molecule has 0 unspecified atom stereocenters. The average molecular weight is 250 g/mol. The number of nitrogens with one attached hydrogen (secondary N) is 2. The smallest absolute Gasteiger partial charge is 0.224 e. The second-order valence-electron chi connectivity index (χ2n) is 4.81. The van der Waals surface area contributed by atoms with Crippen LogP contribution in [0.25, 0.3) is 0 Å². The van der Waals surface area contributed by atoms with Crippen LogP contribution >= 0.6 is 0 Å². The molecular weight excluding hydrogens is 228 g/mol. The van der Waals surface area contributed by atoms with Crippen LogP contribution in [0.4, 0.5) is 0 Å². The van der Waals surface area contributed by atoms with Gasteiger partial charge < -0.3 is 15.2 Å². The molecule has 1 fully saturated rings. The quantitative estimate of drug-likeness (QED) is 0.812. The molecule has 1 saturated heterocycles. The Morgan fingerprint density at radius 2 is 2.56 bits per heavy atom. The molecule has 0 bridgehead atoms. The Labute approximate surface area is 108 Å². The summed E-state index contributed by atoms with van der Waals surface area (Å²) in [4.78, 5) is 21.5. The molecule has 0 spiro atoms. The molecule has 5 nitrogen and oxygen atoms in total. The van der Waals surface area contributed by atoms with Crippen LogP contribution in [0.5, 0.6) is 0 Å². The van der Waals surface area contributed by atoms with E-state index in [1.165, 1.54) is 0 Å². The third-order valence-electron chi connectivity index (χ3n) is 3.54. The van der Waals surface area contributed by atoms with E-state index in [1.807, 2.05) is 0 Å².